The van der Waals surface area contributed by atoms with Crippen LogP contribution in [0.15, 0.2) is 53.4 Å². The minimum atomic E-state index is -3.70. The predicted octanol–water partition coefficient (Wildman–Crippen LogP) is 1.61. The fourth-order valence-corrected chi connectivity index (χ4v) is 3.55. The molecular weight excluding hydrogens is 403 g/mol. The molecule has 0 aromatic heterocycles. The molecule has 1 aliphatic heterocycles. The number of benzene rings is 2. The van der Waals surface area contributed by atoms with Crippen molar-refractivity contribution in [1.29, 1.82) is 0 Å². The SMILES string of the molecule is CC1(C)OB(c2ccc(C(=O)NCCc3ccc(S(N)(=O)=O)cc3)cc2)OC1(C)C. The quantitative estimate of drug-likeness (QED) is 0.677. The maximum absolute atomic E-state index is 12.4. The van der Waals surface area contributed by atoms with Gasteiger partial charge in [0, 0.05) is 12.1 Å². The third-order valence-electron chi connectivity index (χ3n) is 5.65. The summed E-state index contributed by atoms with van der Waals surface area (Å²) >= 11 is 0. The first-order chi connectivity index (χ1) is 13.9. The molecule has 0 saturated carbocycles. The number of nitrogens with two attached hydrogens (primary N) is 1. The number of hydrogen-bond acceptors (Lipinski definition) is 5. The lowest BCUT2D eigenvalue weighted by atomic mass is 9.79. The van der Waals surface area contributed by atoms with Gasteiger partial charge >= 0.3 is 7.12 Å². The standard InChI is InChI=1S/C21H27BN2O5S/c1-20(2)21(3,4)29-22(28-20)17-9-7-16(8-10-17)19(25)24-14-13-15-5-11-18(12-6-15)30(23,26)27/h5-12H,13-14H2,1-4H3,(H,24,25)(H2,23,26,27). The zero-order valence-electron chi connectivity index (χ0n) is 17.6. The molecular formula is C21H27BN2O5S. The van der Waals surface area contributed by atoms with Crippen molar-refractivity contribution in [3.63, 3.8) is 0 Å². The van der Waals surface area contributed by atoms with Crippen LogP contribution in [0.5, 0.6) is 0 Å². The Bertz CT molecular complexity index is 1000. The van der Waals surface area contributed by atoms with Crippen LogP contribution < -0.4 is 15.9 Å². The molecule has 1 saturated heterocycles. The van der Waals surface area contributed by atoms with Crippen molar-refractivity contribution in [3.8, 4) is 0 Å². The highest BCUT2D eigenvalue weighted by Crippen LogP contribution is 2.36. The van der Waals surface area contributed by atoms with Gasteiger partial charge in [-0.2, -0.15) is 0 Å². The maximum atomic E-state index is 12.4. The van der Waals surface area contributed by atoms with Crippen LogP contribution in [0.4, 0.5) is 0 Å². The molecule has 0 atom stereocenters. The number of rotatable bonds is 6. The average molecular weight is 430 g/mol. The summed E-state index contributed by atoms with van der Waals surface area (Å²) in [6.07, 6.45) is 0.572. The van der Waals surface area contributed by atoms with Gasteiger partial charge in [-0.1, -0.05) is 24.3 Å². The second-order valence-corrected chi connectivity index (χ2v) is 9.97. The van der Waals surface area contributed by atoms with Crippen LogP contribution >= 0.6 is 0 Å². The Labute approximate surface area is 178 Å². The van der Waals surface area contributed by atoms with E-state index in [1.165, 1.54) is 12.1 Å². The molecule has 3 rings (SSSR count). The summed E-state index contributed by atoms with van der Waals surface area (Å²) in [5.74, 6) is -0.184. The highest BCUT2D eigenvalue weighted by molar-refractivity contribution is 7.89. The Morgan fingerprint density at radius 1 is 0.967 bits per heavy atom. The number of sulfonamides is 1. The summed E-state index contributed by atoms with van der Waals surface area (Å²) in [7, 11) is -4.17. The minimum absolute atomic E-state index is 0.0670. The summed E-state index contributed by atoms with van der Waals surface area (Å²) < 4.78 is 34.6. The van der Waals surface area contributed by atoms with Crippen LogP contribution in [0.25, 0.3) is 0 Å². The molecule has 30 heavy (non-hydrogen) atoms. The highest BCUT2D eigenvalue weighted by atomic mass is 32.2. The number of nitrogens with one attached hydrogen (secondary N) is 1. The Morgan fingerprint density at radius 3 is 2.00 bits per heavy atom. The van der Waals surface area contributed by atoms with Gasteiger partial charge in [0.1, 0.15) is 0 Å². The molecule has 7 nitrogen and oxygen atoms in total. The van der Waals surface area contributed by atoms with Crippen molar-refractivity contribution in [2.24, 2.45) is 5.14 Å². The molecule has 9 heteroatoms. The number of carbonyl (C=O) groups excluding carboxylic acids is 1. The van der Waals surface area contributed by atoms with E-state index in [1.54, 1.807) is 24.3 Å². The molecule has 0 aliphatic carbocycles. The van der Waals surface area contributed by atoms with E-state index in [-0.39, 0.29) is 10.8 Å². The molecule has 2 aromatic carbocycles. The van der Waals surface area contributed by atoms with Crippen LogP contribution in [0.3, 0.4) is 0 Å². The first-order valence-corrected chi connectivity index (χ1v) is 11.3. The van der Waals surface area contributed by atoms with Crippen molar-refractivity contribution in [2.75, 3.05) is 6.54 Å². The molecule has 2 aromatic rings. The van der Waals surface area contributed by atoms with Gasteiger partial charge in [0.05, 0.1) is 16.1 Å². The second kappa shape index (κ2) is 8.15. The first kappa shape index (κ1) is 22.5. The van der Waals surface area contributed by atoms with Crippen LogP contribution in [-0.2, 0) is 25.8 Å². The lowest BCUT2D eigenvalue weighted by Crippen LogP contribution is -2.41. The molecule has 1 fully saturated rings. The first-order valence-electron chi connectivity index (χ1n) is 9.75. The predicted molar refractivity (Wildman–Crippen MR) is 116 cm³/mol. The summed E-state index contributed by atoms with van der Waals surface area (Å²) in [5.41, 5.74) is 1.47. The molecule has 0 unspecified atom stereocenters. The van der Waals surface area contributed by atoms with E-state index in [4.69, 9.17) is 14.4 Å². The van der Waals surface area contributed by atoms with Gasteiger partial charge in [0.2, 0.25) is 10.0 Å². The summed E-state index contributed by atoms with van der Waals surface area (Å²) in [5, 5.41) is 7.95. The third-order valence-corrected chi connectivity index (χ3v) is 6.58. The molecule has 1 aliphatic rings. The van der Waals surface area contributed by atoms with E-state index in [2.05, 4.69) is 5.32 Å². The molecule has 3 N–H and O–H groups in total. The van der Waals surface area contributed by atoms with Gasteiger partial charge in [0.25, 0.3) is 5.91 Å². The van der Waals surface area contributed by atoms with Gasteiger partial charge in [0.15, 0.2) is 0 Å². The van der Waals surface area contributed by atoms with Crippen molar-refractivity contribution in [2.45, 2.75) is 50.2 Å². The summed E-state index contributed by atoms with van der Waals surface area (Å²) in [6, 6.07) is 13.5. The van der Waals surface area contributed by atoms with Crippen molar-refractivity contribution < 1.29 is 22.5 Å². The Kier molecular flexibility index (Phi) is 6.11. The van der Waals surface area contributed by atoms with E-state index >= 15 is 0 Å². The molecule has 1 amide bonds. The van der Waals surface area contributed by atoms with Gasteiger partial charge in [-0.05, 0) is 69.4 Å². The van der Waals surface area contributed by atoms with E-state index in [0.29, 0.717) is 18.5 Å². The topological polar surface area (TPSA) is 108 Å². The second-order valence-electron chi connectivity index (χ2n) is 8.41. The van der Waals surface area contributed by atoms with Crippen LogP contribution in [0.1, 0.15) is 43.6 Å². The van der Waals surface area contributed by atoms with Gasteiger partial charge in [-0.25, -0.2) is 13.6 Å². The third kappa shape index (κ3) is 4.92. The highest BCUT2D eigenvalue weighted by Gasteiger charge is 2.51. The van der Waals surface area contributed by atoms with Gasteiger partial charge < -0.3 is 14.6 Å². The van der Waals surface area contributed by atoms with Crippen molar-refractivity contribution >= 4 is 28.5 Å². The normalized spacial score (nSPS) is 17.7. The van der Waals surface area contributed by atoms with E-state index in [9.17, 15) is 13.2 Å². The van der Waals surface area contributed by atoms with Gasteiger partial charge in [-0.3, -0.25) is 4.79 Å². The average Bonchev–Trinajstić information content (AvgIpc) is 2.89. The van der Waals surface area contributed by atoms with Crippen molar-refractivity contribution in [1.82, 2.24) is 5.32 Å². The molecule has 160 valence electrons. The lowest BCUT2D eigenvalue weighted by Gasteiger charge is -2.32. The summed E-state index contributed by atoms with van der Waals surface area (Å²) in [6.45, 7) is 8.41. The fraction of sp³-hybridized carbons (Fsp3) is 0.381. The van der Waals surface area contributed by atoms with Crippen molar-refractivity contribution in [3.05, 3.63) is 59.7 Å². The van der Waals surface area contributed by atoms with Crippen LogP contribution in [-0.4, -0.2) is 39.2 Å². The molecule has 1 heterocycles. The minimum Gasteiger partial charge on any atom is -0.399 e. The summed E-state index contributed by atoms with van der Waals surface area (Å²) in [4.78, 5) is 12.5. The Morgan fingerprint density at radius 2 is 1.50 bits per heavy atom. The van der Waals surface area contributed by atoms with Gasteiger partial charge in [-0.15, -0.1) is 0 Å². The maximum Gasteiger partial charge on any atom is 0.494 e. The smallest absolute Gasteiger partial charge is 0.399 e. The number of primary sulfonamides is 1. The van der Waals surface area contributed by atoms with Crippen LogP contribution in [0, 0.1) is 0 Å². The fourth-order valence-electron chi connectivity index (χ4n) is 3.04. The van der Waals surface area contributed by atoms with E-state index in [1.807, 2.05) is 39.8 Å². The molecule has 0 radical (unpaired) electrons. The lowest BCUT2D eigenvalue weighted by molar-refractivity contribution is 0.00578. The van der Waals surface area contributed by atoms with Crippen LogP contribution in [0.2, 0.25) is 0 Å². The zero-order valence-corrected chi connectivity index (χ0v) is 18.5. The monoisotopic (exact) mass is 430 g/mol. The van der Waals surface area contributed by atoms with E-state index < -0.39 is 28.3 Å². The number of hydrogen-bond donors (Lipinski definition) is 2. The zero-order chi connectivity index (χ0) is 22.2. The number of amides is 1. The Balaban J connectivity index is 1.54. The Hall–Kier alpha value is -2.20. The van der Waals surface area contributed by atoms with E-state index in [0.717, 1.165) is 11.0 Å². The number of carbonyl (C=O) groups is 1. The largest absolute Gasteiger partial charge is 0.494 e. The molecule has 0 spiro atoms. The molecule has 0 bridgehead atoms.